The molecule has 0 aromatic heterocycles. The molecule has 0 unspecified atom stereocenters. The van der Waals surface area contributed by atoms with E-state index in [9.17, 15) is 4.79 Å². The second-order valence-electron chi connectivity index (χ2n) is 7.51. The van der Waals surface area contributed by atoms with Gasteiger partial charge in [0.15, 0.2) is 6.61 Å². The summed E-state index contributed by atoms with van der Waals surface area (Å²) in [7, 11) is 0. The summed E-state index contributed by atoms with van der Waals surface area (Å²) < 4.78 is 5.62. The third-order valence-corrected chi connectivity index (χ3v) is 5.49. The van der Waals surface area contributed by atoms with Crippen LogP contribution in [0.3, 0.4) is 0 Å². The van der Waals surface area contributed by atoms with Crippen LogP contribution in [0.2, 0.25) is 0 Å². The number of carbonyl (C=O) groups is 1. The van der Waals surface area contributed by atoms with Crippen LogP contribution in [0.1, 0.15) is 23.6 Å². The monoisotopic (exact) mass is 381 g/mol. The quantitative estimate of drug-likeness (QED) is 0.827. The van der Waals surface area contributed by atoms with Gasteiger partial charge in [-0.1, -0.05) is 13.0 Å². The molecular weight excluding hydrogens is 350 g/mol. The Labute approximate surface area is 168 Å². The molecule has 5 nitrogen and oxygen atoms in total. The van der Waals surface area contributed by atoms with Gasteiger partial charge in [-0.15, -0.1) is 0 Å². The van der Waals surface area contributed by atoms with Crippen molar-refractivity contribution in [2.45, 2.75) is 27.7 Å². The van der Waals surface area contributed by atoms with Crippen molar-refractivity contribution in [2.24, 2.45) is 0 Å². The van der Waals surface area contributed by atoms with Gasteiger partial charge in [0.25, 0.3) is 5.91 Å². The minimum absolute atomic E-state index is 0.00226. The largest absolute Gasteiger partial charge is 0.484 e. The van der Waals surface area contributed by atoms with Gasteiger partial charge >= 0.3 is 0 Å². The SMILES string of the molecule is CCN1CCN(c2ccc(NC(=O)COc3ccc(C)c(C)c3)cc2C)CC1. The molecule has 1 fully saturated rings. The molecule has 1 saturated heterocycles. The smallest absolute Gasteiger partial charge is 0.262 e. The fourth-order valence-electron chi connectivity index (χ4n) is 3.54. The van der Waals surface area contributed by atoms with Crippen molar-refractivity contribution >= 4 is 17.3 Å². The average molecular weight is 382 g/mol. The van der Waals surface area contributed by atoms with E-state index in [1.807, 2.05) is 37.3 Å². The van der Waals surface area contributed by atoms with Crippen LogP contribution < -0.4 is 15.0 Å². The van der Waals surface area contributed by atoms with Crippen LogP contribution in [0, 0.1) is 20.8 Å². The van der Waals surface area contributed by atoms with E-state index in [0.29, 0.717) is 0 Å². The van der Waals surface area contributed by atoms with E-state index in [1.54, 1.807) is 0 Å². The van der Waals surface area contributed by atoms with Crippen molar-refractivity contribution in [1.82, 2.24) is 4.90 Å². The van der Waals surface area contributed by atoms with Crippen molar-refractivity contribution in [2.75, 3.05) is 49.5 Å². The van der Waals surface area contributed by atoms with Crippen LogP contribution in [0.25, 0.3) is 0 Å². The zero-order valence-corrected chi connectivity index (χ0v) is 17.4. The van der Waals surface area contributed by atoms with Crippen LogP contribution in [0.5, 0.6) is 5.75 Å². The number of likely N-dealkylation sites (N-methyl/N-ethyl adjacent to an activating group) is 1. The van der Waals surface area contributed by atoms with Crippen LogP contribution in [-0.4, -0.2) is 50.1 Å². The number of hydrogen-bond acceptors (Lipinski definition) is 4. The summed E-state index contributed by atoms with van der Waals surface area (Å²) in [6.07, 6.45) is 0. The molecule has 0 atom stereocenters. The third-order valence-electron chi connectivity index (χ3n) is 5.49. The Bertz CT molecular complexity index is 827. The van der Waals surface area contributed by atoms with Gasteiger partial charge in [0.2, 0.25) is 0 Å². The lowest BCUT2D eigenvalue weighted by molar-refractivity contribution is -0.118. The zero-order valence-electron chi connectivity index (χ0n) is 17.4. The molecule has 0 spiro atoms. The minimum atomic E-state index is -0.151. The molecule has 1 aliphatic rings. The molecule has 2 aromatic carbocycles. The first-order valence-electron chi connectivity index (χ1n) is 10.0. The zero-order chi connectivity index (χ0) is 20.1. The molecule has 1 aliphatic heterocycles. The van der Waals surface area contributed by atoms with Gasteiger partial charge in [-0.2, -0.15) is 0 Å². The number of benzene rings is 2. The Morgan fingerprint density at radius 1 is 0.964 bits per heavy atom. The number of rotatable bonds is 6. The molecule has 1 amide bonds. The first-order valence-corrected chi connectivity index (χ1v) is 10.0. The summed E-state index contributed by atoms with van der Waals surface area (Å²) in [6.45, 7) is 13.8. The Kier molecular flexibility index (Phi) is 6.57. The molecule has 1 heterocycles. The van der Waals surface area contributed by atoms with Crippen molar-refractivity contribution in [3.63, 3.8) is 0 Å². The molecule has 150 valence electrons. The van der Waals surface area contributed by atoms with Gasteiger partial charge in [0, 0.05) is 37.6 Å². The summed E-state index contributed by atoms with van der Waals surface area (Å²) in [5.74, 6) is 0.568. The van der Waals surface area contributed by atoms with Gasteiger partial charge in [0.1, 0.15) is 5.75 Å². The highest BCUT2D eigenvalue weighted by Gasteiger charge is 2.17. The molecule has 1 N–H and O–H groups in total. The predicted octanol–water partition coefficient (Wildman–Crippen LogP) is 3.77. The van der Waals surface area contributed by atoms with Crippen molar-refractivity contribution in [3.8, 4) is 5.75 Å². The molecular formula is C23H31N3O2. The number of nitrogens with zero attached hydrogens (tertiary/aromatic N) is 2. The molecule has 28 heavy (non-hydrogen) atoms. The predicted molar refractivity (Wildman–Crippen MR) is 116 cm³/mol. The maximum atomic E-state index is 12.3. The van der Waals surface area contributed by atoms with E-state index in [0.717, 1.165) is 49.7 Å². The molecule has 3 rings (SSSR count). The number of amides is 1. The molecule has 0 saturated carbocycles. The fraction of sp³-hybridized carbons (Fsp3) is 0.435. The standard InChI is InChI=1S/C23H31N3O2/c1-5-25-10-12-26(13-11-25)22-9-7-20(14-19(22)4)24-23(27)16-28-21-8-6-17(2)18(3)15-21/h6-9,14-15H,5,10-13,16H2,1-4H3,(H,24,27). The molecule has 2 aromatic rings. The number of carbonyl (C=O) groups excluding carboxylic acids is 1. The first kappa shape index (κ1) is 20.2. The number of ether oxygens (including phenoxy) is 1. The van der Waals surface area contributed by atoms with Crippen molar-refractivity contribution in [1.29, 1.82) is 0 Å². The van der Waals surface area contributed by atoms with E-state index in [2.05, 4.69) is 42.0 Å². The Morgan fingerprint density at radius 3 is 2.36 bits per heavy atom. The maximum Gasteiger partial charge on any atom is 0.262 e. The number of nitrogens with one attached hydrogen (secondary N) is 1. The number of anilines is 2. The van der Waals surface area contributed by atoms with Crippen LogP contribution in [-0.2, 0) is 4.79 Å². The Hall–Kier alpha value is -2.53. The number of aryl methyl sites for hydroxylation is 3. The van der Waals surface area contributed by atoms with Gasteiger partial charge in [-0.3, -0.25) is 4.79 Å². The second-order valence-corrected chi connectivity index (χ2v) is 7.51. The Morgan fingerprint density at radius 2 is 1.71 bits per heavy atom. The van der Waals surface area contributed by atoms with E-state index in [4.69, 9.17) is 4.74 Å². The number of hydrogen-bond donors (Lipinski definition) is 1. The van der Waals surface area contributed by atoms with Gasteiger partial charge in [-0.05, 0) is 74.3 Å². The summed E-state index contributed by atoms with van der Waals surface area (Å²) >= 11 is 0. The van der Waals surface area contributed by atoms with E-state index in [-0.39, 0.29) is 12.5 Å². The molecule has 0 radical (unpaired) electrons. The lowest BCUT2D eigenvalue weighted by Crippen LogP contribution is -2.46. The summed E-state index contributed by atoms with van der Waals surface area (Å²) in [4.78, 5) is 17.1. The lowest BCUT2D eigenvalue weighted by atomic mass is 10.1. The van der Waals surface area contributed by atoms with Gasteiger partial charge in [-0.25, -0.2) is 0 Å². The van der Waals surface area contributed by atoms with Crippen molar-refractivity contribution in [3.05, 3.63) is 53.1 Å². The fourth-order valence-corrected chi connectivity index (χ4v) is 3.54. The Balaban J connectivity index is 1.55. The highest BCUT2D eigenvalue weighted by atomic mass is 16.5. The molecule has 0 aliphatic carbocycles. The van der Waals surface area contributed by atoms with Gasteiger partial charge in [0.05, 0.1) is 0 Å². The van der Waals surface area contributed by atoms with Gasteiger partial charge < -0.3 is 19.9 Å². The summed E-state index contributed by atoms with van der Waals surface area (Å²) in [5.41, 5.74) is 5.60. The lowest BCUT2D eigenvalue weighted by Gasteiger charge is -2.36. The second kappa shape index (κ2) is 9.11. The van der Waals surface area contributed by atoms with E-state index >= 15 is 0 Å². The van der Waals surface area contributed by atoms with Crippen molar-refractivity contribution < 1.29 is 9.53 Å². The molecule has 5 heteroatoms. The topological polar surface area (TPSA) is 44.8 Å². The normalized spacial score (nSPS) is 14.8. The third kappa shape index (κ3) is 5.04. The van der Waals surface area contributed by atoms with Crippen LogP contribution in [0.15, 0.2) is 36.4 Å². The summed E-state index contributed by atoms with van der Waals surface area (Å²) in [6, 6.07) is 12.0. The first-order chi connectivity index (χ1) is 13.5. The highest BCUT2D eigenvalue weighted by Crippen LogP contribution is 2.25. The number of piperazine rings is 1. The summed E-state index contributed by atoms with van der Waals surface area (Å²) in [5, 5.41) is 2.93. The minimum Gasteiger partial charge on any atom is -0.484 e. The van der Waals surface area contributed by atoms with Crippen LogP contribution >= 0.6 is 0 Å². The molecule has 0 bridgehead atoms. The average Bonchev–Trinajstić information content (AvgIpc) is 2.69. The van der Waals surface area contributed by atoms with E-state index < -0.39 is 0 Å². The van der Waals surface area contributed by atoms with E-state index in [1.165, 1.54) is 16.8 Å². The van der Waals surface area contributed by atoms with Crippen LogP contribution in [0.4, 0.5) is 11.4 Å². The highest BCUT2D eigenvalue weighted by molar-refractivity contribution is 5.92. The maximum absolute atomic E-state index is 12.3.